The molecule has 0 aromatic rings. The third-order valence-electron chi connectivity index (χ3n) is 4.96. The van der Waals surface area contributed by atoms with Crippen LogP contribution in [0.25, 0.3) is 0 Å². The summed E-state index contributed by atoms with van der Waals surface area (Å²) in [7, 11) is 0. The van der Waals surface area contributed by atoms with Gasteiger partial charge in [-0.05, 0) is 39.3 Å². The molecule has 0 spiro atoms. The molecule has 122 valence electrons. The summed E-state index contributed by atoms with van der Waals surface area (Å²) in [5.41, 5.74) is 5.56. The minimum atomic E-state index is 0.00332. The minimum absolute atomic E-state index is 0.00332. The topological polar surface area (TPSA) is 61.6 Å². The minimum Gasteiger partial charge on any atom is -0.352 e. The van der Waals surface area contributed by atoms with Crippen LogP contribution in [0.2, 0.25) is 0 Å². The van der Waals surface area contributed by atoms with Crippen molar-refractivity contribution < 1.29 is 4.79 Å². The van der Waals surface area contributed by atoms with Gasteiger partial charge >= 0.3 is 0 Å². The number of carbonyl (C=O) groups is 1. The van der Waals surface area contributed by atoms with E-state index in [1.807, 2.05) is 6.92 Å². The highest BCUT2D eigenvalue weighted by molar-refractivity contribution is 5.81. The van der Waals surface area contributed by atoms with Crippen molar-refractivity contribution in [1.29, 1.82) is 0 Å². The summed E-state index contributed by atoms with van der Waals surface area (Å²) >= 11 is 0. The van der Waals surface area contributed by atoms with Gasteiger partial charge in [0.25, 0.3) is 0 Å². The van der Waals surface area contributed by atoms with E-state index in [4.69, 9.17) is 5.73 Å². The predicted octanol–water partition coefficient (Wildman–Crippen LogP) is 0.790. The summed E-state index contributed by atoms with van der Waals surface area (Å²) in [5, 5.41) is 3.25. The summed E-state index contributed by atoms with van der Waals surface area (Å²) < 4.78 is 0. The zero-order valence-electron chi connectivity index (χ0n) is 13.5. The van der Waals surface area contributed by atoms with Crippen molar-refractivity contribution in [2.24, 2.45) is 5.73 Å². The number of carbonyl (C=O) groups excluding carboxylic acids is 1. The summed E-state index contributed by atoms with van der Waals surface area (Å²) in [6.07, 6.45) is 7.24. The number of hydrogen-bond donors (Lipinski definition) is 2. The standard InChI is InChI=1S/C16H32N4O/c1-14(16(21)18-15-6-3-2-4-7-15)20-12-10-19(11-13-20)9-5-8-17/h14-15H,2-13,17H2,1H3,(H,18,21). The van der Waals surface area contributed by atoms with Crippen molar-refractivity contribution in [3.8, 4) is 0 Å². The van der Waals surface area contributed by atoms with Crippen LogP contribution in [-0.4, -0.2) is 67.1 Å². The Morgan fingerprint density at radius 3 is 2.48 bits per heavy atom. The molecule has 2 rings (SSSR count). The number of rotatable bonds is 6. The molecular weight excluding hydrogens is 264 g/mol. The molecule has 21 heavy (non-hydrogen) atoms. The molecule has 1 saturated carbocycles. The number of amides is 1. The monoisotopic (exact) mass is 296 g/mol. The highest BCUT2D eigenvalue weighted by Gasteiger charge is 2.26. The van der Waals surface area contributed by atoms with Crippen LogP contribution in [0.15, 0.2) is 0 Å². The van der Waals surface area contributed by atoms with E-state index < -0.39 is 0 Å². The van der Waals surface area contributed by atoms with Crippen LogP contribution in [0.3, 0.4) is 0 Å². The molecule has 1 heterocycles. The second kappa shape index (κ2) is 8.71. The molecule has 5 heteroatoms. The number of hydrogen-bond acceptors (Lipinski definition) is 4. The molecular formula is C16H32N4O. The maximum absolute atomic E-state index is 12.4. The van der Waals surface area contributed by atoms with Crippen LogP contribution < -0.4 is 11.1 Å². The van der Waals surface area contributed by atoms with Crippen LogP contribution in [0.1, 0.15) is 45.4 Å². The van der Waals surface area contributed by atoms with Gasteiger partial charge in [-0.2, -0.15) is 0 Å². The fraction of sp³-hybridized carbons (Fsp3) is 0.938. The molecule has 0 radical (unpaired) electrons. The smallest absolute Gasteiger partial charge is 0.237 e. The van der Waals surface area contributed by atoms with E-state index in [0.29, 0.717) is 6.04 Å². The van der Waals surface area contributed by atoms with Crippen molar-refractivity contribution in [2.75, 3.05) is 39.3 Å². The van der Waals surface area contributed by atoms with E-state index in [2.05, 4.69) is 15.1 Å². The molecule has 2 aliphatic rings. The van der Waals surface area contributed by atoms with E-state index in [-0.39, 0.29) is 11.9 Å². The maximum Gasteiger partial charge on any atom is 0.237 e. The number of nitrogens with one attached hydrogen (secondary N) is 1. The van der Waals surface area contributed by atoms with E-state index in [9.17, 15) is 4.79 Å². The van der Waals surface area contributed by atoms with E-state index in [1.54, 1.807) is 0 Å². The van der Waals surface area contributed by atoms with Crippen LogP contribution in [-0.2, 0) is 4.79 Å². The molecule has 2 fully saturated rings. The lowest BCUT2D eigenvalue weighted by atomic mass is 9.95. The fourth-order valence-corrected chi connectivity index (χ4v) is 3.42. The SMILES string of the molecule is CC(C(=O)NC1CCCCC1)N1CCN(CCCN)CC1. The van der Waals surface area contributed by atoms with E-state index in [0.717, 1.165) is 58.5 Å². The van der Waals surface area contributed by atoms with E-state index in [1.165, 1.54) is 19.3 Å². The molecule has 1 saturated heterocycles. The van der Waals surface area contributed by atoms with Crippen LogP contribution in [0.4, 0.5) is 0 Å². The largest absolute Gasteiger partial charge is 0.352 e. The molecule has 1 aliphatic heterocycles. The molecule has 5 nitrogen and oxygen atoms in total. The van der Waals surface area contributed by atoms with Crippen molar-refractivity contribution >= 4 is 5.91 Å². The number of nitrogens with zero attached hydrogens (tertiary/aromatic N) is 2. The van der Waals surface area contributed by atoms with Gasteiger partial charge in [0, 0.05) is 32.2 Å². The lowest BCUT2D eigenvalue weighted by Gasteiger charge is -2.38. The van der Waals surface area contributed by atoms with Gasteiger partial charge in [-0.3, -0.25) is 9.69 Å². The average Bonchev–Trinajstić information content (AvgIpc) is 2.53. The third-order valence-corrected chi connectivity index (χ3v) is 4.96. The van der Waals surface area contributed by atoms with Crippen molar-refractivity contribution in [3.63, 3.8) is 0 Å². The van der Waals surface area contributed by atoms with Gasteiger partial charge in [0.1, 0.15) is 0 Å². The Balaban J connectivity index is 1.70. The first-order valence-electron chi connectivity index (χ1n) is 8.67. The molecule has 1 aliphatic carbocycles. The molecule has 1 amide bonds. The van der Waals surface area contributed by atoms with Crippen molar-refractivity contribution in [2.45, 2.75) is 57.5 Å². The van der Waals surface area contributed by atoms with Gasteiger partial charge in [-0.1, -0.05) is 19.3 Å². The molecule has 0 aromatic carbocycles. The summed E-state index contributed by atoms with van der Waals surface area (Å²) in [6.45, 7) is 8.00. The Kier molecular flexibility index (Phi) is 6.93. The Morgan fingerprint density at radius 2 is 1.86 bits per heavy atom. The Labute approximate surface area is 129 Å². The van der Waals surface area contributed by atoms with Gasteiger partial charge in [0.15, 0.2) is 0 Å². The average molecular weight is 296 g/mol. The molecule has 1 atom stereocenters. The molecule has 0 aromatic heterocycles. The van der Waals surface area contributed by atoms with Gasteiger partial charge in [0.05, 0.1) is 6.04 Å². The summed E-state index contributed by atoms with van der Waals surface area (Å²) in [4.78, 5) is 17.2. The van der Waals surface area contributed by atoms with Crippen LogP contribution in [0.5, 0.6) is 0 Å². The predicted molar refractivity (Wildman–Crippen MR) is 86.2 cm³/mol. The van der Waals surface area contributed by atoms with Gasteiger partial charge < -0.3 is 16.0 Å². The van der Waals surface area contributed by atoms with Gasteiger partial charge in [0.2, 0.25) is 5.91 Å². The second-order valence-electron chi connectivity index (χ2n) is 6.54. The lowest BCUT2D eigenvalue weighted by Crippen LogP contribution is -2.55. The Morgan fingerprint density at radius 1 is 1.19 bits per heavy atom. The number of nitrogens with two attached hydrogens (primary N) is 1. The van der Waals surface area contributed by atoms with Crippen LogP contribution in [0, 0.1) is 0 Å². The van der Waals surface area contributed by atoms with Gasteiger partial charge in [-0.25, -0.2) is 0 Å². The van der Waals surface area contributed by atoms with Gasteiger partial charge in [-0.15, -0.1) is 0 Å². The van der Waals surface area contributed by atoms with Crippen molar-refractivity contribution in [1.82, 2.24) is 15.1 Å². The number of piperazine rings is 1. The lowest BCUT2D eigenvalue weighted by molar-refractivity contribution is -0.127. The maximum atomic E-state index is 12.4. The van der Waals surface area contributed by atoms with Crippen molar-refractivity contribution in [3.05, 3.63) is 0 Å². The molecule has 1 unspecified atom stereocenters. The zero-order chi connectivity index (χ0) is 15.1. The highest BCUT2D eigenvalue weighted by Crippen LogP contribution is 2.18. The second-order valence-corrected chi connectivity index (χ2v) is 6.54. The van der Waals surface area contributed by atoms with E-state index >= 15 is 0 Å². The first-order chi connectivity index (χ1) is 10.2. The first-order valence-corrected chi connectivity index (χ1v) is 8.67. The Bertz CT molecular complexity index is 309. The first kappa shape index (κ1) is 16.7. The Hall–Kier alpha value is -0.650. The quantitative estimate of drug-likeness (QED) is 0.761. The molecule has 0 bridgehead atoms. The molecule has 3 N–H and O–H groups in total. The normalized spacial score (nSPS) is 23.9. The fourth-order valence-electron chi connectivity index (χ4n) is 3.42. The summed E-state index contributed by atoms with van der Waals surface area (Å²) in [6, 6.07) is 0.420. The third kappa shape index (κ3) is 5.24. The zero-order valence-corrected chi connectivity index (χ0v) is 13.5. The summed E-state index contributed by atoms with van der Waals surface area (Å²) in [5.74, 6) is 0.220. The highest BCUT2D eigenvalue weighted by atomic mass is 16.2. The van der Waals surface area contributed by atoms with Crippen LogP contribution >= 0.6 is 0 Å².